The highest BCUT2D eigenvalue weighted by atomic mass is 16.4. The third-order valence-electron chi connectivity index (χ3n) is 4.79. The average molecular weight is 396 g/mol. The van der Waals surface area contributed by atoms with Crippen LogP contribution < -0.4 is 5.56 Å². The summed E-state index contributed by atoms with van der Waals surface area (Å²) in [6.07, 6.45) is 3.92. The molecule has 3 aromatic rings. The molecule has 4 rings (SSSR count). The van der Waals surface area contributed by atoms with Gasteiger partial charge in [-0.3, -0.25) is 14.4 Å². The van der Waals surface area contributed by atoms with E-state index in [2.05, 4.69) is 15.2 Å². The number of nitrogens with zero attached hydrogens (tertiary/aromatic N) is 3. The Labute approximate surface area is 165 Å². The molecule has 150 valence electrons. The fraction of sp³-hybridized carbons (Fsp3) is 0.350. The molecule has 0 radical (unpaired) electrons. The highest BCUT2D eigenvalue weighted by Crippen LogP contribution is 2.21. The number of pyridine rings is 1. The predicted octanol–water partition coefficient (Wildman–Crippen LogP) is 2.59. The SMILES string of the molecule is CCCN(Cc1nnc(-c2ccco2)o1)C(=O)c1cc2c([nH]c1=O)CCCC2=O. The second-order valence-electron chi connectivity index (χ2n) is 6.89. The monoisotopic (exact) mass is 396 g/mol. The van der Waals surface area contributed by atoms with E-state index in [4.69, 9.17) is 8.83 Å². The first kappa shape index (κ1) is 18.9. The molecule has 9 heteroatoms. The molecule has 1 aliphatic carbocycles. The number of H-pyrrole nitrogens is 1. The fourth-order valence-electron chi connectivity index (χ4n) is 3.41. The van der Waals surface area contributed by atoms with Gasteiger partial charge in [-0.2, -0.15) is 0 Å². The zero-order valence-corrected chi connectivity index (χ0v) is 15.9. The molecular formula is C20H20N4O5. The van der Waals surface area contributed by atoms with Crippen LogP contribution in [0.1, 0.15) is 58.5 Å². The van der Waals surface area contributed by atoms with Crippen LogP contribution in [0, 0.1) is 0 Å². The van der Waals surface area contributed by atoms with Gasteiger partial charge in [0, 0.05) is 24.2 Å². The van der Waals surface area contributed by atoms with Crippen molar-refractivity contribution >= 4 is 11.7 Å². The molecule has 0 saturated carbocycles. The van der Waals surface area contributed by atoms with Gasteiger partial charge in [0.25, 0.3) is 17.4 Å². The van der Waals surface area contributed by atoms with Crippen LogP contribution >= 0.6 is 0 Å². The number of aromatic amines is 1. The molecule has 1 N–H and O–H groups in total. The molecule has 1 amide bonds. The van der Waals surface area contributed by atoms with Crippen LogP contribution in [0.3, 0.4) is 0 Å². The van der Waals surface area contributed by atoms with Crippen LogP contribution in [0.2, 0.25) is 0 Å². The molecule has 0 aromatic carbocycles. The van der Waals surface area contributed by atoms with Gasteiger partial charge in [0.05, 0.1) is 12.8 Å². The average Bonchev–Trinajstić information content (AvgIpc) is 3.39. The lowest BCUT2D eigenvalue weighted by atomic mass is 9.93. The number of nitrogens with one attached hydrogen (secondary N) is 1. The number of hydrogen-bond acceptors (Lipinski definition) is 7. The number of fused-ring (bicyclic) bond motifs is 1. The maximum absolute atomic E-state index is 13.1. The first-order valence-corrected chi connectivity index (χ1v) is 9.51. The van der Waals surface area contributed by atoms with Gasteiger partial charge in [-0.25, -0.2) is 0 Å². The summed E-state index contributed by atoms with van der Waals surface area (Å²) >= 11 is 0. The molecule has 0 atom stereocenters. The highest BCUT2D eigenvalue weighted by molar-refractivity contribution is 6.01. The Balaban J connectivity index is 1.60. The van der Waals surface area contributed by atoms with Crippen molar-refractivity contribution in [2.24, 2.45) is 0 Å². The zero-order chi connectivity index (χ0) is 20.4. The maximum Gasteiger partial charge on any atom is 0.283 e. The lowest BCUT2D eigenvalue weighted by molar-refractivity contribution is 0.0726. The van der Waals surface area contributed by atoms with Crippen molar-refractivity contribution in [2.75, 3.05) is 6.54 Å². The fourth-order valence-corrected chi connectivity index (χ4v) is 3.41. The quantitative estimate of drug-likeness (QED) is 0.679. The van der Waals surface area contributed by atoms with Crippen LogP contribution in [0.25, 0.3) is 11.7 Å². The molecule has 1 aliphatic rings. The van der Waals surface area contributed by atoms with Crippen molar-refractivity contribution in [3.8, 4) is 11.7 Å². The number of hydrogen-bond donors (Lipinski definition) is 1. The molecule has 0 fully saturated rings. The first-order chi connectivity index (χ1) is 14.1. The topological polar surface area (TPSA) is 122 Å². The minimum absolute atomic E-state index is 0.0465. The van der Waals surface area contributed by atoms with Crippen molar-refractivity contribution in [1.82, 2.24) is 20.1 Å². The molecule has 9 nitrogen and oxygen atoms in total. The Morgan fingerprint density at radius 2 is 2.14 bits per heavy atom. The Bertz CT molecular complexity index is 1100. The highest BCUT2D eigenvalue weighted by Gasteiger charge is 2.26. The molecule has 0 spiro atoms. The second-order valence-corrected chi connectivity index (χ2v) is 6.89. The van der Waals surface area contributed by atoms with Crippen LogP contribution in [0.4, 0.5) is 0 Å². The Morgan fingerprint density at radius 3 is 2.90 bits per heavy atom. The number of carbonyl (C=O) groups excluding carboxylic acids is 2. The van der Waals surface area contributed by atoms with Crippen LogP contribution in [0.5, 0.6) is 0 Å². The first-order valence-electron chi connectivity index (χ1n) is 9.51. The van der Waals surface area contributed by atoms with Crippen molar-refractivity contribution in [2.45, 2.75) is 39.2 Å². The largest absolute Gasteiger partial charge is 0.459 e. The summed E-state index contributed by atoms with van der Waals surface area (Å²) in [6.45, 7) is 2.36. The van der Waals surface area contributed by atoms with Crippen molar-refractivity contribution in [3.05, 3.63) is 57.5 Å². The van der Waals surface area contributed by atoms with Crippen LogP contribution in [-0.4, -0.2) is 38.3 Å². The normalized spacial score (nSPS) is 13.3. The molecule has 3 aromatic heterocycles. The number of aromatic nitrogens is 3. The van der Waals surface area contributed by atoms with Gasteiger partial charge in [-0.15, -0.1) is 10.2 Å². The van der Waals surface area contributed by atoms with E-state index in [0.29, 0.717) is 49.2 Å². The lowest BCUT2D eigenvalue weighted by Gasteiger charge is -2.21. The summed E-state index contributed by atoms with van der Waals surface area (Å²) in [5.74, 6) is 0.335. The van der Waals surface area contributed by atoms with Gasteiger partial charge in [0.15, 0.2) is 11.5 Å². The third kappa shape index (κ3) is 3.75. The van der Waals surface area contributed by atoms with E-state index in [1.54, 1.807) is 12.1 Å². The van der Waals surface area contributed by atoms with Gasteiger partial charge < -0.3 is 18.7 Å². The molecule has 0 aliphatic heterocycles. The van der Waals surface area contributed by atoms with E-state index in [1.807, 2.05) is 6.92 Å². The van der Waals surface area contributed by atoms with Gasteiger partial charge in [0.2, 0.25) is 5.89 Å². The smallest absolute Gasteiger partial charge is 0.283 e. The second kappa shape index (κ2) is 7.86. The molecule has 0 bridgehead atoms. The van der Waals surface area contributed by atoms with Gasteiger partial charge in [-0.05, 0) is 37.5 Å². The molecule has 0 saturated heterocycles. The van der Waals surface area contributed by atoms with Crippen LogP contribution in [-0.2, 0) is 13.0 Å². The minimum atomic E-state index is -0.494. The number of Topliss-reactive ketones (excluding diaryl/α,β-unsaturated/α-hetero) is 1. The Morgan fingerprint density at radius 1 is 1.28 bits per heavy atom. The predicted molar refractivity (Wildman–Crippen MR) is 101 cm³/mol. The number of rotatable bonds is 6. The van der Waals surface area contributed by atoms with Crippen molar-refractivity contribution < 1.29 is 18.4 Å². The van der Waals surface area contributed by atoms with Crippen molar-refractivity contribution in [1.29, 1.82) is 0 Å². The van der Waals surface area contributed by atoms with Gasteiger partial charge in [-0.1, -0.05) is 6.92 Å². The lowest BCUT2D eigenvalue weighted by Crippen LogP contribution is -2.36. The summed E-state index contributed by atoms with van der Waals surface area (Å²) in [6, 6.07) is 4.81. The summed E-state index contributed by atoms with van der Waals surface area (Å²) in [4.78, 5) is 41.9. The molecular weight excluding hydrogens is 376 g/mol. The number of aryl methyl sites for hydroxylation is 1. The number of carbonyl (C=O) groups is 2. The number of ketones is 1. The zero-order valence-electron chi connectivity index (χ0n) is 15.9. The van der Waals surface area contributed by atoms with E-state index >= 15 is 0 Å². The standard InChI is InChI=1S/C20H20N4O5/c1-2-8-24(11-17-22-23-19(29-17)16-7-4-9-28-16)20(27)13-10-12-14(21-18(13)26)5-3-6-15(12)25/h4,7,9-10H,2-3,5-6,8,11H2,1H3,(H,21,26). The third-order valence-corrected chi connectivity index (χ3v) is 4.79. The minimum Gasteiger partial charge on any atom is -0.459 e. The summed E-state index contributed by atoms with van der Waals surface area (Å²) in [7, 11) is 0. The van der Waals surface area contributed by atoms with E-state index in [-0.39, 0.29) is 29.7 Å². The van der Waals surface area contributed by atoms with E-state index < -0.39 is 11.5 Å². The van der Waals surface area contributed by atoms with Gasteiger partial charge >= 0.3 is 0 Å². The molecule has 29 heavy (non-hydrogen) atoms. The van der Waals surface area contributed by atoms with Gasteiger partial charge in [0.1, 0.15) is 5.56 Å². The summed E-state index contributed by atoms with van der Waals surface area (Å²) < 4.78 is 10.8. The summed E-state index contributed by atoms with van der Waals surface area (Å²) in [5.41, 5.74) is 0.475. The Kier molecular flexibility index (Phi) is 5.11. The molecule has 0 unspecified atom stereocenters. The number of furan rings is 1. The molecule has 3 heterocycles. The maximum atomic E-state index is 13.1. The number of amides is 1. The van der Waals surface area contributed by atoms with E-state index in [1.165, 1.54) is 17.2 Å². The van der Waals surface area contributed by atoms with Crippen molar-refractivity contribution in [3.63, 3.8) is 0 Å². The van der Waals surface area contributed by atoms with E-state index in [9.17, 15) is 14.4 Å². The van der Waals surface area contributed by atoms with E-state index in [0.717, 1.165) is 0 Å². The Hall–Kier alpha value is -3.49. The van der Waals surface area contributed by atoms with Crippen LogP contribution in [0.15, 0.2) is 38.1 Å². The summed E-state index contributed by atoms with van der Waals surface area (Å²) in [5, 5.41) is 7.89.